The molecule has 160 valence electrons. The largest absolute Gasteiger partial charge is 0.409 e. The Labute approximate surface area is 179 Å². The van der Waals surface area contributed by atoms with Gasteiger partial charge >= 0.3 is 0 Å². The van der Waals surface area contributed by atoms with Crippen LogP contribution in [-0.4, -0.2) is 14.1 Å². The Hall–Kier alpha value is -1.19. The molecule has 0 radical (unpaired) electrons. The molecule has 0 saturated heterocycles. The summed E-state index contributed by atoms with van der Waals surface area (Å²) in [6, 6.07) is 8.89. The van der Waals surface area contributed by atoms with E-state index < -0.39 is 8.32 Å². The van der Waals surface area contributed by atoms with Crippen LogP contribution in [0.5, 0.6) is 0 Å². The monoisotopic (exact) mass is 412 g/mol. The average Bonchev–Trinajstić information content (AvgIpc) is 2.96. The van der Waals surface area contributed by atoms with Crippen LogP contribution in [0, 0.1) is 17.3 Å². The Morgan fingerprint density at radius 1 is 1.28 bits per heavy atom. The van der Waals surface area contributed by atoms with E-state index in [-0.39, 0.29) is 11.0 Å². The summed E-state index contributed by atoms with van der Waals surface area (Å²) < 4.78 is 6.45. The molecule has 0 aromatic heterocycles. The van der Waals surface area contributed by atoms with Gasteiger partial charge in [0.15, 0.2) is 8.32 Å². The highest BCUT2D eigenvalue weighted by molar-refractivity contribution is 6.69. The van der Waals surface area contributed by atoms with E-state index in [2.05, 4.69) is 77.7 Å². The predicted molar refractivity (Wildman–Crippen MR) is 125 cm³/mol. The summed E-state index contributed by atoms with van der Waals surface area (Å²) >= 11 is 0. The van der Waals surface area contributed by atoms with Gasteiger partial charge in [0.25, 0.3) is 0 Å². The molecule has 1 aromatic rings. The number of carbonyl (C=O) groups is 1. The summed E-state index contributed by atoms with van der Waals surface area (Å²) in [5, 5.41) is 0. The highest BCUT2D eigenvalue weighted by Gasteiger charge is 2.51. The number of fused-ring (bicyclic) bond motifs is 1. The van der Waals surface area contributed by atoms with Crippen molar-refractivity contribution >= 4 is 14.1 Å². The van der Waals surface area contributed by atoms with Crippen LogP contribution in [0.15, 0.2) is 35.9 Å². The average molecular weight is 413 g/mol. The fraction of sp³-hybridized carbons (Fsp3) is 0.654. The minimum Gasteiger partial charge on any atom is -0.409 e. The van der Waals surface area contributed by atoms with Gasteiger partial charge in [-0.15, -0.1) is 0 Å². The zero-order valence-electron chi connectivity index (χ0n) is 19.6. The topological polar surface area (TPSA) is 26.3 Å². The van der Waals surface area contributed by atoms with Gasteiger partial charge in [0.05, 0.1) is 5.60 Å². The molecule has 29 heavy (non-hydrogen) atoms. The summed E-state index contributed by atoms with van der Waals surface area (Å²) in [7, 11) is -1.62. The third-order valence-corrected chi connectivity index (χ3v) is 8.38. The molecule has 0 N–H and O–H groups in total. The lowest BCUT2D eigenvalue weighted by Crippen LogP contribution is -2.37. The minimum atomic E-state index is -1.62. The lowest BCUT2D eigenvalue weighted by molar-refractivity contribution is -0.129. The molecular weight excluding hydrogens is 372 g/mol. The minimum absolute atomic E-state index is 0.185. The molecule has 0 spiro atoms. The van der Waals surface area contributed by atoms with Gasteiger partial charge in [-0.2, -0.15) is 0 Å². The van der Waals surface area contributed by atoms with Crippen molar-refractivity contribution in [1.82, 2.24) is 0 Å². The van der Waals surface area contributed by atoms with E-state index in [9.17, 15) is 4.79 Å². The normalized spacial score (nSPS) is 28.5. The Bertz CT molecular complexity index is 786. The van der Waals surface area contributed by atoms with E-state index in [1.54, 1.807) is 0 Å². The van der Waals surface area contributed by atoms with Gasteiger partial charge < -0.3 is 4.43 Å². The second-order valence-corrected chi connectivity index (χ2v) is 15.5. The van der Waals surface area contributed by atoms with E-state index in [1.165, 1.54) is 29.5 Å². The predicted octanol–water partition coefficient (Wildman–Crippen LogP) is 7.05. The Kier molecular flexibility index (Phi) is 6.32. The van der Waals surface area contributed by atoms with Gasteiger partial charge in [-0.25, -0.2) is 0 Å². The van der Waals surface area contributed by atoms with Gasteiger partial charge in [-0.3, -0.25) is 4.79 Å². The van der Waals surface area contributed by atoms with Crippen molar-refractivity contribution < 1.29 is 9.22 Å². The van der Waals surface area contributed by atoms with Gasteiger partial charge in [0.1, 0.15) is 5.78 Å². The maximum absolute atomic E-state index is 12.4. The lowest BCUT2D eigenvalue weighted by atomic mass is 9.63. The molecule has 0 bridgehead atoms. The number of allylic oxidation sites excluding steroid dienone is 2. The molecule has 2 aliphatic carbocycles. The molecule has 0 amide bonds. The fourth-order valence-electron chi connectivity index (χ4n) is 6.00. The molecule has 2 aliphatic rings. The Morgan fingerprint density at radius 2 is 2.00 bits per heavy atom. The first kappa shape index (κ1) is 22.5. The van der Waals surface area contributed by atoms with Crippen molar-refractivity contribution in [2.45, 2.75) is 91.5 Å². The van der Waals surface area contributed by atoms with Crippen molar-refractivity contribution in [3.05, 3.63) is 47.0 Å². The second kappa shape index (κ2) is 8.15. The molecule has 0 heterocycles. The lowest BCUT2D eigenvalue weighted by Gasteiger charge is -2.40. The van der Waals surface area contributed by atoms with Crippen molar-refractivity contribution in [3.63, 3.8) is 0 Å². The SMILES string of the molecule is CC(=CCc1cccc(C(C)(C)O[Si](C)(C)C)c1)C1CCC2C(=O)CCC[C@@]21C. The number of hydrogen-bond donors (Lipinski definition) is 0. The summed E-state index contributed by atoms with van der Waals surface area (Å²) in [5.74, 6) is 1.38. The molecule has 1 aromatic carbocycles. The Morgan fingerprint density at radius 3 is 2.69 bits per heavy atom. The zero-order chi connectivity index (χ0) is 21.4. The second-order valence-electron chi connectivity index (χ2n) is 11.1. The van der Waals surface area contributed by atoms with Gasteiger partial charge in [-0.05, 0) is 95.0 Å². The Balaban J connectivity index is 1.74. The number of Topliss-reactive ketones (excluding diaryl/α,β-unsaturated/α-hetero) is 1. The third kappa shape index (κ3) is 4.94. The van der Waals surface area contributed by atoms with Crippen LogP contribution in [0.2, 0.25) is 19.6 Å². The summed E-state index contributed by atoms with van der Waals surface area (Å²) in [4.78, 5) is 12.4. The summed E-state index contributed by atoms with van der Waals surface area (Å²) in [6.07, 6.45) is 8.71. The molecule has 0 aliphatic heterocycles. The maximum Gasteiger partial charge on any atom is 0.184 e. The molecule has 2 fully saturated rings. The van der Waals surface area contributed by atoms with Crippen molar-refractivity contribution in [1.29, 1.82) is 0 Å². The van der Waals surface area contributed by atoms with Gasteiger partial charge in [0, 0.05) is 12.3 Å². The van der Waals surface area contributed by atoms with E-state index >= 15 is 0 Å². The van der Waals surface area contributed by atoms with Crippen LogP contribution in [0.3, 0.4) is 0 Å². The van der Waals surface area contributed by atoms with Crippen LogP contribution in [0.4, 0.5) is 0 Å². The van der Waals surface area contributed by atoms with E-state index in [0.717, 1.165) is 25.7 Å². The molecule has 2 unspecified atom stereocenters. The van der Waals surface area contributed by atoms with E-state index in [0.29, 0.717) is 17.6 Å². The molecule has 3 atom stereocenters. The van der Waals surface area contributed by atoms with Gasteiger partial charge in [-0.1, -0.05) is 42.8 Å². The smallest absolute Gasteiger partial charge is 0.184 e. The standard InChI is InChI=1S/C26H40O2Si/c1-19(22-15-16-23-24(27)12-9-17-26(22,23)4)13-14-20-10-8-11-21(18-20)25(2,3)28-29(5,6)7/h8,10-11,13,18,22-23H,9,12,14-17H2,1-7H3/t22?,23?,26-/m1/s1. The zero-order valence-corrected chi connectivity index (χ0v) is 20.6. The van der Waals surface area contributed by atoms with Crippen molar-refractivity contribution in [2.75, 3.05) is 0 Å². The first-order valence-corrected chi connectivity index (χ1v) is 14.8. The number of carbonyl (C=O) groups excluding carboxylic acids is 1. The van der Waals surface area contributed by atoms with Crippen LogP contribution in [-0.2, 0) is 21.2 Å². The first-order valence-electron chi connectivity index (χ1n) is 11.4. The van der Waals surface area contributed by atoms with E-state index in [1.807, 2.05) is 0 Å². The number of rotatable bonds is 6. The van der Waals surface area contributed by atoms with Crippen molar-refractivity contribution in [3.8, 4) is 0 Å². The van der Waals surface area contributed by atoms with E-state index in [4.69, 9.17) is 4.43 Å². The fourth-order valence-corrected chi connectivity index (χ4v) is 7.65. The summed E-state index contributed by atoms with van der Waals surface area (Å²) in [6.45, 7) is 15.8. The highest BCUT2D eigenvalue weighted by Crippen LogP contribution is 2.56. The molecule has 2 nitrogen and oxygen atoms in total. The third-order valence-electron chi connectivity index (χ3n) is 7.26. The molecule has 3 rings (SSSR count). The van der Waals surface area contributed by atoms with Gasteiger partial charge in [0.2, 0.25) is 0 Å². The number of hydrogen-bond acceptors (Lipinski definition) is 2. The van der Waals surface area contributed by atoms with Crippen LogP contribution in [0.25, 0.3) is 0 Å². The first-order chi connectivity index (χ1) is 13.4. The molecule has 2 saturated carbocycles. The quantitative estimate of drug-likeness (QED) is 0.370. The van der Waals surface area contributed by atoms with Crippen molar-refractivity contribution in [2.24, 2.45) is 17.3 Å². The molecular formula is C26H40O2Si. The summed E-state index contributed by atoms with van der Waals surface area (Å²) in [5.41, 5.74) is 4.01. The van der Waals surface area contributed by atoms with Crippen LogP contribution >= 0.6 is 0 Å². The number of benzene rings is 1. The van der Waals surface area contributed by atoms with Crippen LogP contribution < -0.4 is 0 Å². The highest BCUT2D eigenvalue weighted by atomic mass is 28.4. The maximum atomic E-state index is 12.4. The number of ketones is 1. The molecule has 3 heteroatoms. The van der Waals surface area contributed by atoms with Crippen LogP contribution in [0.1, 0.15) is 70.9 Å².